The summed E-state index contributed by atoms with van der Waals surface area (Å²) in [4.78, 5) is 3.44. The van der Waals surface area contributed by atoms with E-state index in [1.165, 1.54) is 0 Å². The van der Waals surface area contributed by atoms with Crippen LogP contribution in [-0.2, 0) is 6.42 Å². The molecule has 0 aliphatic heterocycles. The molecule has 62 valence electrons. The Morgan fingerprint density at radius 2 is 2.17 bits per heavy atom. The van der Waals surface area contributed by atoms with Crippen LogP contribution in [0.3, 0.4) is 0 Å². The molecule has 0 spiro atoms. The van der Waals surface area contributed by atoms with Crippen molar-refractivity contribution in [3.05, 3.63) is 34.7 Å². The Kier molecular flexibility index (Phi) is 2.35. The van der Waals surface area contributed by atoms with Gasteiger partial charge in [0.25, 0.3) is 0 Å². The topological polar surface area (TPSA) is 30.4 Å². The Labute approximate surface area is 72.8 Å². The fourth-order valence-electron chi connectivity index (χ4n) is 1.14. The highest BCUT2D eigenvalue weighted by atomic mass is 14.7. The molecule has 1 aromatic rings. The molecule has 0 aliphatic carbocycles. The van der Waals surface area contributed by atoms with Crippen molar-refractivity contribution in [2.75, 3.05) is 5.73 Å². The van der Waals surface area contributed by atoms with E-state index in [-0.39, 0.29) is 0 Å². The maximum absolute atomic E-state index is 6.94. The van der Waals surface area contributed by atoms with Crippen molar-refractivity contribution in [2.24, 2.45) is 0 Å². The van der Waals surface area contributed by atoms with E-state index in [0.29, 0.717) is 0 Å². The Morgan fingerprint density at radius 3 is 2.67 bits per heavy atom. The van der Waals surface area contributed by atoms with Crippen LogP contribution in [0.15, 0.2) is 12.1 Å². The molecule has 0 amide bonds. The summed E-state index contributed by atoms with van der Waals surface area (Å²) in [6.07, 6.45) is 0.863. The van der Waals surface area contributed by atoms with Crippen molar-refractivity contribution < 1.29 is 0 Å². The molecule has 0 bridgehead atoms. The largest absolute Gasteiger partial charge is 0.399 e. The molecule has 2 nitrogen and oxygen atoms in total. The monoisotopic (exact) mass is 160 g/mol. The summed E-state index contributed by atoms with van der Waals surface area (Å²) in [6.45, 7) is 10.9. The van der Waals surface area contributed by atoms with Gasteiger partial charge in [-0.3, -0.25) is 0 Å². The van der Waals surface area contributed by atoms with Crippen molar-refractivity contribution in [1.29, 1.82) is 0 Å². The molecule has 0 unspecified atom stereocenters. The van der Waals surface area contributed by atoms with Crippen LogP contribution in [0.2, 0.25) is 0 Å². The van der Waals surface area contributed by atoms with Crippen molar-refractivity contribution in [3.8, 4) is 0 Å². The highest BCUT2D eigenvalue weighted by Crippen LogP contribution is 2.25. The number of nitrogen functional groups attached to an aromatic ring is 1. The number of anilines is 1. The summed E-state index contributed by atoms with van der Waals surface area (Å²) in [5.41, 5.74) is 9.24. The maximum Gasteiger partial charge on any atom is 0.190 e. The van der Waals surface area contributed by atoms with Gasteiger partial charge in [0.1, 0.15) is 0 Å². The van der Waals surface area contributed by atoms with Crippen LogP contribution in [0.4, 0.5) is 11.4 Å². The molecule has 2 heteroatoms. The van der Waals surface area contributed by atoms with Gasteiger partial charge in [-0.2, -0.15) is 0 Å². The lowest BCUT2D eigenvalue weighted by Gasteiger charge is -2.05. The predicted molar refractivity (Wildman–Crippen MR) is 51.2 cm³/mol. The Morgan fingerprint density at radius 1 is 1.50 bits per heavy atom. The van der Waals surface area contributed by atoms with Gasteiger partial charge in [-0.15, -0.1) is 0 Å². The van der Waals surface area contributed by atoms with E-state index in [9.17, 15) is 0 Å². The van der Waals surface area contributed by atoms with Gasteiger partial charge in [0.2, 0.25) is 0 Å². The second-order valence-electron chi connectivity index (χ2n) is 2.80. The SMILES string of the molecule is [C-]#[N+]c1cc(C)c(N)cc1CC. The molecule has 2 N–H and O–H groups in total. The lowest BCUT2D eigenvalue weighted by molar-refractivity contribution is 1.14. The Balaban J connectivity index is 3.31. The van der Waals surface area contributed by atoms with E-state index < -0.39 is 0 Å². The van der Waals surface area contributed by atoms with Gasteiger partial charge in [-0.05, 0) is 30.5 Å². The Hall–Kier alpha value is -1.49. The van der Waals surface area contributed by atoms with E-state index >= 15 is 0 Å². The minimum atomic E-state index is 0.726. The first-order chi connectivity index (χ1) is 5.69. The summed E-state index contributed by atoms with van der Waals surface area (Å²) in [7, 11) is 0. The quantitative estimate of drug-likeness (QED) is 0.497. The van der Waals surface area contributed by atoms with Crippen LogP contribution < -0.4 is 5.73 Å². The average Bonchev–Trinajstić information content (AvgIpc) is 2.09. The minimum Gasteiger partial charge on any atom is -0.399 e. The van der Waals surface area contributed by atoms with Gasteiger partial charge in [-0.25, -0.2) is 4.85 Å². The number of nitrogens with two attached hydrogens (primary N) is 1. The minimum absolute atomic E-state index is 0.726. The van der Waals surface area contributed by atoms with Crippen molar-refractivity contribution in [2.45, 2.75) is 20.3 Å². The molecule has 0 aromatic heterocycles. The zero-order valence-electron chi connectivity index (χ0n) is 7.39. The van der Waals surface area contributed by atoms with Gasteiger partial charge in [0.15, 0.2) is 5.69 Å². The van der Waals surface area contributed by atoms with Crippen LogP contribution in [0.1, 0.15) is 18.1 Å². The molecule has 0 saturated heterocycles. The molecule has 1 rings (SSSR count). The van der Waals surface area contributed by atoms with Gasteiger partial charge < -0.3 is 5.73 Å². The van der Waals surface area contributed by atoms with E-state index in [4.69, 9.17) is 12.3 Å². The smallest absolute Gasteiger partial charge is 0.190 e. The van der Waals surface area contributed by atoms with E-state index in [0.717, 1.165) is 28.9 Å². The zero-order valence-corrected chi connectivity index (χ0v) is 7.39. The molecule has 0 aliphatic rings. The number of hydrogen-bond acceptors (Lipinski definition) is 1. The first-order valence-corrected chi connectivity index (χ1v) is 3.95. The predicted octanol–water partition coefficient (Wildman–Crippen LogP) is 2.69. The van der Waals surface area contributed by atoms with Crippen LogP contribution in [0.25, 0.3) is 4.85 Å². The third-order valence-corrected chi connectivity index (χ3v) is 1.97. The summed E-state index contributed by atoms with van der Waals surface area (Å²) < 4.78 is 0. The van der Waals surface area contributed by atoms with Crippen molar-refractivity contribution in [3.63, 3.8) is 0 Å². The lowest BCUT2D eigenvalue weighted by atomic mass is 10.1. The van der Waals surface area contributed by atoms with Crippen LogP contribution >= 0.6 is 0 Å². The molecule has 12 heavy (non-hydrogen) atoms. The lowest BCUT2D eigenvalue weighted by Crippen LogP contribution is -1.91. The first-order valence-electron chi connectivity index (χ1n) is 3.95. The summed E-state index contributed by atoms with van der Waals surface area (Å²) in [6, 6.07) is 3.74. The number of rotatable bonds is 1. The fraction of sp³-hybridized carbons (Fsp3) is 0.300. The zero-order chi connectivity index (χ0) is 9.14. The molecule has 1 aromatic carbocycles. The third kappa shape index (κ3) is 1.40. The average molecular weight is 160 g/mol. The second-order valence-corrected chi connectivity index (χ2v) is 2.80. The number of benzene rings is 1. The van der Waals surface area contributed by atoms with E-state index in [1.54, 1.807) is 0 Å². The number of hydrogen-bond donors (Lipinski definition) is 1. The van der Waals surface area contributed by atoms with Crippen molar-refractivity contribution in [1.82, 2.24) is 0 Å². The van der Waals surface area contributed by atoms with Gasteiger partial charge in [0.05, 0.1) is 6.57 Å². The number of nitrogens with zero attached hydrogens (tertiary/aromatic N) is 1. The van der Waals surface area contributed by atoms with E-state index in [2.05, 4.69) is 4.85 Å². The number of aryl methyl sites for hydroxylation is 2. The highest BCUT2D eigenvalue weighted by molar-refractivity contribution is 5.62. The second kappa shape index (κ2) is 3.27. The first kappa shape index (κ1) is 8.61. The third-order valence-electron chi connectivity index (χ3n) is 1.97. The summed E-state index contributed by atoms with van der Waals surface area (Å²) in [5, 5.41) is 0. The molecular formula is C10H12N2. The maximum atomic E-state index is 6.94. The molecule has 0 saturated carbocycles. The summed E-state index contributed by atoms with van der Waals surface area (Å²) in [5.74, 6) is 0. The molecular weight excluding hydrogens is 148 g/mol. The van der Waals surface area contributed by atoms with Gasteiger partial charge >= 0.3 is 0 Å². The van der Waals surface area contributed by atoms with E-state index in [1.807, 2.05) is 26.0 Å². The Bertz CT molecular complexity index is 334. The summed E-state index contributed by atoms with van der Waals surface area (Å²) >= 11 is 0. The normalized spacial score (nSPS) is 9.42. The van der Waals surface area contributed by atoms with Crippen LogP contribution in [0, 0.1) is 13.5 Å². The highest BCUT2D eigenvalue weighted by Gasteiger charge is 2.02. The van der Waals surface area contributed by atoms with Gasteiger partial charge in [-0.1, -0.05) is 13.0 Å². The molecule has 0 fully saturated rings. The fourth-order valence-corrected chi connectivity index (χ4v) is 1.14. The standard InChI is InChI=1S/C10H12N2/c1-4-8-6-9(11)7(2)5-10(8)12-3/h5-6H,4,11H2,1-2H3. The van der Waals surface area contributed by atoms with Crippen molar-refractivity contribution >= 4 is 11.4 Å². The van der Waals surface area contributed by atoms with Crippen LogP contribution in [-0.4, -0.2) is 0 Å². The molecule has 0 heterocycles. The molecule has 0 atom stereocenters. The molecule has 0 radical (unpaired) electrons. The van der Waals surface area contributed by atoms with Gasteiger partial charge in [0, 0.05) is 5.69 Å². The van der Waals surface area contributed by atoms with Crippen LogP contribution in [0.5, 0.6) is 0 Å².